The highest BCUT2D eigenvalue weighted by Crippen LogP contribution is 2.34. The van der Waals surface area contributed by atoms with Crippen LogP contribution in [-0.2, 0) is 71.6 Å². The zero-order valence-corrected chi connectivity index (χ0v) is 74.2. The molecular weight excluding hydrogens is 1440 g/mol. The van der Waals surface area contributed by atoms with Gasteiger partial charge in [0.15, 0.2) is 0 Å². The fourth-order valence-electron chi connectivity index (χ4n) is 14.8. The summed E-state index contributed by atoms with van der Waals surface area (Å²) in [4.78, 5) is 125. The molecule has 1 aliphatic carbocycles. The average molecular weight is 1620 g/mol. The molecule has 0 atom stereocenters. The third kappa shape index (κ3) is 68.1. The molecular formula is C93H174N6O15. The normalized spacial score (nSPS) is 14.1. The van der Waals surface area contributed by atoms with Gasteiger partial charge >= 0.3 is 35.8 Å². The lowest BCUT2D eigenvalue weighted by Gasteiger charge is -2.33. The fraction of sp³-hybridized carbons (Fsp3) is 0.903. The minimum Gasteiger partial charge on any atom is -0.466 e. The maximum atomic E-state index is 14.2. The quantitative estimate of drug-likeness (QED) is 0.0291. The summed E-state index contributed by atoms with van der Waals surface area (Å²) in [5, 5.41) is 9.63. The van der Waals surface area contributed by atoms with Crippen molar-refractivity contribution < 1.29 is 71.6 Å². The van der Waals surface area contributed by atoms with Gasteiger partial charge in [-0.3, -0.25) is 43.2 Å². The predicted molar refractivity (Wildman–Crippen MR) is 462 cm³/mol. The van der Waals surface area contributed by atoms with E-state index < -0.39 is 17.8 Å². The highest BCUT2D eigenvalue weighted by Gasteiger charge is 2.39. The molecule has 0 heterocycles. The molecule has 0 bridgehead atoms. The maximum absolute atomic E-state index is 14.2. The second-order valence-corrected chi connectivity index (χ2v) is 32.9. The Morgan fingerprint density at radius 2 is 0.368 bits per heavy atom. The second kappa shape index (κ2) is 80.5. The first-order valence-electron chi connectivity index (χ1n) is 47.6. The standard InChI is InChI=1S/C93H174N6O15/c1-7-13-19-49-73-109-85(100)55-31-43-67-97(68-44-32-56-86(101)110-74-50-20-14-8-2)64-40-28-25-37-61-94-91(106)82-79-83(92(107)95-62-38-26-29-41-65-98(69-45-33-57-87(102)111-75-51-21-15-9-3)70-46-34-58-88(103)112-76-52-22-16-10-4)81-84(80-82)93(108)96-63-39-27-30-42-66-99(71-47-35-59-89(104)113-77-53-23-17-11-5)72-48-36-60-90(105)114-78-54-24-18-12-6/h82-84H,7-81H2,1-6H3,(H,94,106)(H,95,107)(H,96,108). The van der Waals surface area contributed by atoms with E-state index in [1.165, 1.54) is 0 Å². The van der Waals surface area contributed by atoms with Crippen LogP contribution < -0.4 is 16.0 Å². The van der Waals surface area contributed by atoms with E-state index in [0.29, 0.717) is 117 Å². The Balaban J connectivity index is 3.03. The molecule has 0 unspecified atom stereocenters. The Labute approximate surface area is 695 Å². The predicted octanol–water partition coefficient (Wildman–Crippen LogP) is 19.7. The highest BCUT2D eigenvalue weighted by atomic mass is 16.6. The molecule has 0 radical (unpaired) electrons. The third-order valence-corrected chi connectivity index (χ3v) is 22.1. The molecule has 1 fully saturated rings. The molecule has 0 aromatic carbocycles. The molecule has 0 spiro atoms. The molecule has 1 aliphatic rings. The molecule has 3 N–H and O–H groups in total. The van der Waals surface area contributed by atoms with Gasteiger partial charge in [-0.1, -0.05) is 196 Å². The van der Waals surface area contributed by atoms with Gasteiger partial charge < -0.3 is 59.1 Å². The Morgan fingerprint density at radius 1 is 0.211 bits per heavy atom. The van der Waals surface area contributed by atoms with Crippen molar-refractivity contribution in [1.82, 2.24) is 30.7 Å². The molecule has 0 aliphatic heterocycles. The smallest absolute Gasteiger partial charge is 0.305 e. The number of unbranched alkanes of at least 4 members (excludes halogenated alkanes) is 33. The van der Waals surface area contributed by atoms with Crippen LogP contribution in [0.15, 0.2) is 0 Å². The molecule has 3 amide bonds. The van der Waals surface area contributed by atoms with E-state index in [9.17, 15) is 43.2 Å². The maximum Gasteiger partial charge on any atom is 0.305 e. The van der Waals surface area contributed by atoms with E-state index in [2.05, 4.69) is 72.2 Å². The minimum absolute atomic E-state index is 0.0991. The van der Waals surface area contributed by atoms with E-state index in [1.54, 1.807) is 0 Å². The molecule has 21 heteroatoms. The van der Waals surface area contributed by atoms with Crippen LogP contribution in [0, 0.1) is 17.8 Å². The van der Waals surface area contributed by atoms with Crippen molar-refractivity contribution in [3.05, 3.63) is 0 Å². The zero-order valence-electron chi connectivity index (χ0n) is 74.2. The molecule has 21 nitrogen and oxygen atoms in total. The minimum atomic E-state index is -0.475. The first kappa shape index (κ1) is 107. The van der Waals surface area contributed by atoms with Gasteiger partial charge in [-0.2, -0.15) is 0 Å². The number of carbonyl (C=O) groups is 9. The van der Waals surface area contributed by atoms with Crippen molar-refractivity contribution in [2.45, 2.75) is 408 Å². The van der Waals surface area contributed by atoms with Crippen molar-refractivity contribution >= 4 is 53.5 Å². The lowest BCUT2D eigenvalue weighted by Crippen LogP contribution is -2.45. The lowest BCUT2D eigenvalue weighted by atomic mass is 9.74. The van der Waals surface area contributed by atoms with E-state index in [0.717, 1.165) is 367 Å². The summed E-state index contributed by atoms with van der Waals surface area (Å²) in [7, 11) is 0. The van der Waals surface area contributed by atoms with E-state index in [4.69, 9.17) is 28.4 Å². The van der Waals surface area contributed by atoms with Crippen molar-refractivity contribution in [3.63, 3.8) is 0 Å². The van der Waals surface area contributed by atoms with Crippen molar-refractivity contribution in [2.75, 3.05) is 118 Å². The van der Waals surface area contributed by atoms with Gasteiger partial charge in [0.25, 0.3) is 0 Å². The lowest BCUT2D eigenvalue weighted by molar-refractivity contribution is -0.144. The van der Waals surface area contributed by atoms with Crippen LogP contribution in [0.25, 0.3) is 0 Å². The number of ether oxygens (including phenoxy) is 6. The first-order valence-corrected chi connectivity index (χ1v) is 47.6. The summed E-state index contributed by atoms with van der Waals surface area (Å²) in [6, 6.07) is 0. The van der Waals surface area contributed by atoms with Gasteiger partial charge in [0.2, 0.25) is 17.7 Å². The van der Waals surface area contributed by atoms with E-state index in [1.807, 2.05) is 0 Å². The number of nitrogens with zero attached hydrogens (tertiary/aromatic N) is 3. The van der Waals surface area contributed by atoms with Crippen LogP contribution in [0.4, 0.5) is 0 Å². The van der Waals surface area contributed by atoms with Gasteiger partial charge in [0, 0.05) is 75.9 Å². The molecule has 0 aromatic rings. The number of carbonyl (C=O) groups excluding carboxylic acids is 9. The summed E-state index contributed by atoms with van der Waals surface area (Å²) in [6.45, 7) is 25.5. The number of nitrogens with one attached hydrogen (secondary N) is 3. The molecule has 0 saturated heterocycles. The van der Waals surface area contributed by atoms with Crippen LogP contribution in [0.2, 0.25) is 0 Å². The third-order valence-electron chi connectivity index (χ3n) is 22.1. The van der Waals surface area contributed by atoms with Crippen LogP contribution in [0.1, 0.15) is 408 Å². The first-order chi connectivity index (χ1) is 55.7. The SMILES string of the molecule is CCCCCCOC(=O)CCCCN(CCCCCCNC(=O)C1CC(C(=O)NCCCCCCN(CCCCC(=O)OCCCCCC)CCCCC(=O)OCCCCCC)CC(C(=O)NCCCCCCN(CCCCC(=O)OCCCCCC)CCCCC(=O)OCCCCCC)C1)CCCCC(=O)OCCCCCC. The number of hydrogen-bond donors (Lipinski definition) is 3. The molecule has 1 rings (SSSR count). The summed E-state index contributed by atoms with van der Waals surface area (Å²) in [5.41, 5.74) is 0. The van der Waals surface area contributed by atoms with Crippen LogP contribution in [0.5, 0.6) is 0 Å². The van der Waals surface area contributed by atoms with Gasteiger partial charge in [-0.25, -0.2) is 0 Å². The Kier molecular flexibility index (Phi) is 75.7. The van der Waals surface area contributed by atoms with Gasteiger partial charge in [-0.15, -0.1) is 0 Å². The Morgan fingerprint density at radius 3 is 0.544 bits per heavy atom. The van der Waals surface area contributed by atoms with Crippen molar-refractivity contribution in [1.29, 1.82) is 0 Å². The van der Waals surface area contributed by atoms with Crippen LogP contribution >= 0.6 is 0 Å². The molecule has 666 valence electrons. The van der Waals surface area contributed by atoms with Crippen LogP contribution in [-0.4, -0.2) is 186 Å². The van der Waals surface area contributed by atoms with Crippen molar-refractivity contribution in [2.24, 2.45) is 17.8 Å². The Bertz CT molecular complexity index is 1980. The molecule has 0 aromatic heterocycles. The van der Waals surface area contributed by atoms with Crippen LogP contribution in [0.3, 0.4) is 0 Å². The Hall–Kier alpha value is -4.89. The van der Waals surface area contributed by atoms with E-state index >= 15 is 0 Å². The monoisotopic (exact) mass is 1620 g/mol. The van der Waals surface area contributed by atoms with Gasteiger partial charge in [0.05, 0.1) is 39.6 Å². The fourth-order valence-corrected chi connectivity index (χ4v) is 14.8. The summed E-state index contributed by atoms with van der Waals surface area (Å²) in [5.74, 6) is -2.45. The molecule has 1 saturated carbocycles. The van der Waals surface area contributed by atoms with Gasteiger partial charge in [0.1, 0.15) is 0 Å². The number of hydrogen-bond acceptors (Lipinski definition) is 18. The number of rotatable bonds is 84. The summed E-state index contributed by atoms with van der Waals surface area (Å²) >= 11 is 0. The number of amides is 3. The molecule has 114 heavy (non-hydrogen) atoms. The second-order valence-electron chi connectivity index (χ2n) is 32.9. The zero-order chi connectivity index (χ0) is 83.1. The van der Waals surface area contributed by atoms with E-state index in [-0.39, 0.29) is 53.5 Å². The topological polar surface area (TPSA) is 255 Å². The van der Waals surface area contributed by atoms with Crippen molar-refractivity contribution in [3.8, 4) is 0 Å². The largest absolute Gasteiger partial charge is 0.466 e. The summed E-state index contributed by atoms with van der Waals surface area (Å²) in [6.07, 6.45) is 50.6. The number of esters is 6. The average Bonchev–Trinajstić information content (AvgIpc) is 0.827. The van der Waals surface area contributed by atoms with Gasteiger partial charge in [-0.05, 0) is 232 Å². The summed E-state index contributed by atoms with van der Waals surface area (Å²) < 4.78 is 33.0. The highest BCUT2D eigenvalue weighted by molar-refractivity contribution is 5.86.